The van der Waals surface area contributed by atoms with Gasteiger partial charge in [-0.25, -0.2) is 0 Å². The zero-order valence-corrected chi connectivity index (χ0v) is 9.62. The molecule has 0 bridgehead atoms. The zero-order valence-electron chi connectivity index (χ0n) is 8.03. The van der Waals surface area contributed by atoms with Crippen molar-refractivity contribution >= 4 is 22.2 Å². The Labute approximate surface area is 92.1 Å². The normalized spacial score (nSPS) is 12.4. The Morgan fingerprint density at radius 2 is 2.29 bits per heavy atom. The number of hydrogen-bond donors (Lipinski definition) is 1. The molecular weight excluding hydrogens is 244 g/mol. The molecule has 1 rings (SSSR count). The quantitative estimate of drug-likeness (QED) is 0.665. The van der Waals surface area contributed by atoms with Crippen molar-refractivity contribution in [2.45, 2.75) is 24.6 Å². The van der Waals surface area contributed by atoms with Crippen LogP contribution in [0.4, 0.5) is 0 Å². The fourth-order valence-electron chi connectivity index (χ4n) is 1.33. The molecule has 3 heteroatoms. The first-order valence-electron chi connectivity index (χ1n) is 4.60. The van der Waals surface area contributed by atoms with Gasteiger partial charge in [-0.15, -0.1) is 0 Å². The van der Waals surface area contributed by atoms with Crippen LogP contribution in [0.25, 0.3) is 0 Å². The molecule has 76 valence electrons. The largest absolute Gasteiger partial charge is 0.508 e. The number of phenols is 1. The standard InChI is InChI=1S/C11H13BrO2/c1-2-3-9-6-8(10(12)7-13)4-5-11(9)14/h4-7,10,14H,2-3H2,1H3. The third kappa shape index (κ3) is 2.58. The van der Waals surface area contributed by atoms with Crippen molar-refractivity contribution in [2.75, 3.05) is 0 Å². The van der Waals surface area contributed by atoms with E-state index in [0.717, 1.165) is 30.3 Å². The lowest BCUT2D eigenvalue weighted by molar-refractivity contribution is -0.107. The smallest absolute Gasteiger partial charge is 0.138 e. The van der Waals surface area contributed by atoms with Gasteiger partial charge >= 0.3 is 0 Å². The third-order valence-electron chi connectivity index (χ3n) is 2.06. The Morgan fingerprint density at radius 1 is 1.57 bits per heavy atom. The van der Waals surface area contributed by atoms with Gasteiger partial charge in [0.05, 0.1) is 4.83 Å². The van der Waals surface area contributed by atoms with Crippen LogP contribution < -0.4 is 0 Å². The second kappa shape index (κ2) is 5.15. The van der Waals surface area contributed by atoms with Crippen LogP contribution >= 0.6 is 15.9 Å². The molecule has 1 unspecified atom stereocenters. The van der Waals surface area contributed by atoms with Gasteiger partial charge in [0, 0.05) is 0 Å². The number of halogens is 1. The third-order valence-corrected chi connectivity index (χ3v) is 2.81. The van der Waals surface area contributed by atoms with Gasteiger partial charge in [0.1, 0.15) is 12.0 Å². The van der Waals surface area contributed by atoms with Crippen LogP contribution in [0.15, 0.2) is 18.2 Å². The predicted molar refractivity (Wildman–Crippen MR) is 59.8 cm³/mol. The lowest BCUT2D eigenvalue weighted by Crippen LogP contribution is -1.93. The van der Waals surface area contributed by atoms with Crippen molar-refractivity contribution in [3.8, 4) is 5.75 Å². The lowest BCUT2D eigenvalue weighted by Gasteiger charge is -2.07. The van der Waals surface area contributed by atoms with Crippen LogP contribution in [-0.4, -0.2) is 11.4 Å². The van der Waals surface area contributed by atoms with Crippen molar-refractivity contribution in [1.29, 1.82) is 0 Å². The monoisotopic (exact) mass is 256 g/mol. The molecule has 2 nitrogen and oxygen atoms in total. The van der Waals surface area contributed by atoms with E-state index in [0.29, 0.717) is 5.75 Å². The summed E-state index contributed by atoms with van der Waals surface area (Å²) in [6, 6.07) is 5.26. The summed E-state index contributed by atoms with van der Waals surface area (Å²) >= 11 is 3.25. The Bertz CT molecular complexity index is 323. The van der Waals surface area contributed by atoms with Gasteiger partial charge in [0.25, 0.3) is 0 Å². The maximum absolute atomic E-state index is 10.6. The average molecular weight is 257 g/mol. The highest BCUT2D eigenvalue weighted by atomic mass is 79.9. The van der Waals surface area contributed by atoms with E-state index in [1.54, 1.807) is 12.1 Å². The molecule has 0 amide bonds. The van der Waals surface area contributed by atoms with E-state index in [9.17, 15) is 9.90 Å². The minimum absolute atomic E-state index is 0.279. The molecule has 14 heavy (non-hydrogen) atoms. The van der Waals surface area contributed by atoms with Gasteiger partial charge < -0.3 is 9.90 Å². The molecule has 0 heterocycles. The van der Waals surface area contributed by atoms with Gasteiger partial charge in [-0.05, 0) is 23.6 Å². The minimum Gasteiger partial charge on any atom is -0.508 e. The Balaban J connectivity index is 2.99. The molecule has 0 fully saturated rings. The number of phenolic OH excluding ortho intramolecular Hbond substituents is 1. The lowest BCUT2D eigenvalue weighted by atomic mass is 10.0. The maximum Gasteiger partial charge on any atom is 0.138 e. The van der Waals surface area contributed by atoms with Crippen LogP contribution in [0, 0.1) is 0 Å². The summed E-state index contributed by atoms with van der Waals surface area (Å²) in [6.45, 7) is 2.05. The first-order valence-corrected chi connectivity index (χ1v) is 5.51. The molecule has 0 aromatic heterocycles. The van der Waals surface area contributed by atoms with Gasteiger partial charge in [-0.1, -0.05) is 41.4 Å². The summed E-state index contributed by atoms with van der Waals surface area (Å²) < 4.78 is 0. The Hall–Kier alpha value is -0.830. The fraction of sp³-hybridized carbons (Fsp3) is 0.364. The van der Waals surface area contributed by atoms with Crippen molar-refractivity contribution < 1.29 is 9.90 Å². The van der Waals surface area contributed by atoms with E-state index in [2.05, 4.69) is 22.9 Å². The van der Waals surface area contributed by atoms with E-state index in [1.807, 2.05) is 6.07 Å². The first-order chi connectivity index (χ1) is 6.69. The fourth-order valence-corrected chi connectivity index (χ4v) is 1.61. The van der Waals surface area contributed by atoms with Crippen LogP contribution in [0.1, 0.15) is 29.3 Å². The number of aldehydes is 1. The maximum atomic E-state index is 10.6. The molecule has 0 spiro atoms. The van der Waals surface area contributed by atoms with Crippen LogP contribution in [0.5, 0.6) is 5.75 Å². The molecular formula is C11H13BrO2. The molecule has 1 atom stereocenters. The molecule has 0 aliphatic rings. The number of rotatable bonds is 4. The molecule has 1 aromatic carbocycles. The highest BCUT2D eigenvalue weighted by molar-refractivity contribution is 9.09. The summed E-state index contributed by atoms with van der Waals surface area (Å²) in [6.07, 6.45) is 2.64. The number of alkyl halides is 1. The summed E-state index contributed by atoms with van der Waals surface area (Å²) in [4.78, 5) is 10.3. The molecule has 0 aliphatic carbocycles. The second-order valence-electron chi connectivity index (χ2n) is 3.18. The number of carbonyl (C=O) groups excluding carboxylic acids is 1. The molecule has 1 aromatic rings. The van der Waals surface area contributed by atoms with Crippen molar-refractivity contribution in [2.24, 2.45) is 0 Å². The topological polar surface area (TPSA) is 37.3 Å². The Kier molecular flexibility index (Phi) is 4.14. The summed E-state index contributed by atoms with van der Waals surface area (Å²) in [5.41, 5.74) is 1.79. The molecule has 0 aliphatic heterocycles. The van der Waals surface area contributed by atoms with Gasteiger partial charge in [0.15, 0.2) is 0 Å². The number of benzene rings is 1. The summed E-state index contributed by atoms with van der Waals surface area (Å²) in [5, 5.41) is 9.52. The van der Waals surface area contributed by atoms with Crippen molar-refractivity contribution in [3.63, 3.8) is 0 Å². The zero-order chi connectivity index (χ0) is 10.6. The van der Waals surface area contributed by atoms with E-state index >= 15 is 0 Å². The summed E-state index contributed by atoms with van der Waals surface area (Å²) in [7, 11) is 0. The van der Waals surface area contributed by atoms with Crippen molar-refractivity contribution in [1.82, 2.24) is 0 Å². The van der Waals surface area contributed by atoms with Crippen LogP contribution in [0.3, 0.4) is 0 Å². The molecule has 0 saturated carbocycles. The highest BCUT2D eigenvalue weighted by Gasteiger charge is 2.08. The van der Waals surface area contributed by atoms with E-state index < -0.39 is 0 Å². The molecule has 1 N–H and O–H groups in total. The van der Waals surface area contributed by atoms with Crippen molar-refractivity contribution in [3.05, 3.63) is 29.3 Å². The van der Waals surface area contributed by atoms with Crippen LogP contribution in [0.2, 0.25) is 0 Å². The average Bonchev–Trinajstić information content (AvgIpc) is 2.20. The Morgan fingerprint density at radius 3 is 2.86 bits per heavy atom. The number of hydrogen-bond acceptors (Lipinski definition) is 2. The minimum atomic E-state index is -0.279. The number of aryl methyl sites for hydroxylation is 1. The first kappa shape index (κ1) is 11.2. The SMILES string of the molecule is CCCc1cc(C(Br)C=O)ccc1O. The van der Waals surface area contributed by atoms with Gasteiger partial charge in [-0.2, -0.15) is 0 Å². The number of carbonyl (C=O) groups is 1. The molecule has 0 radical (unpaired) electrons. The summed E-state index contributed by atoms with van der Waals surface area (Å²) in [5.74, 6) is 0.307. The second-order valence-corrected chi connectivity index (χ2v) is 4.16. The van der Waals surface area contributed by atoms with E-state index in [4.69, 9.17) is 0 Å². The molecule has 0 saturated heterocycles. The van der Waals surface area contributed by atoms with E-state index in [-0.39, 0.29) is 4.83 Å². The highest BCUT2D eigenvalue weighted by Crippen LogP contribution is 2.26. The van der Waals surface area contributed by atoms with Gasteiger partial charge in [0.2, 0.25) is 0 Å². The van der Waals surface area contributed by atoms with E-state index in [1.165, 1.54) is 0 Å². The number of aromatic hydroxyl groups is 1. The predicted octanol–water partition coefficient (Wildman–Crippen LogP) is 2.98. The van der Waals surface area contributed by atoms with Gasteiger partial charge in [-0.3, -0.25) is 0 Å². The van der Waals surface area contributed by atoms with Crippen LogP contribution in [-0.2, 0) is 11.2 Å².